The summed E-state index contributed by atoms with van der Waals surface area (Å²) in [5.41, 5.74) is 5.36. The van der Waals surface area contributed by atoms with Gasteiger partial charge in [-0.05, 0) is 25.0 Å². The van der Waals surface area contributed by atoms with Gasteiger partial charge in [0.05, 0.1) is 5.92 Å². The Labute approximate surface area is 122 Å². The number of primary amides is 1. The number of rotatable bonds is 3. The topological polar surface area (TPSA) is 90.7 Å². The predicted molar refractivity (Wildman–Crippen MR) is 74.8 cm³/mol. The zero-order valence-electron chi connectivity index (χ0n) is 11.6. The molecule has 3 rings (SSSR count). The van der Waals surface area contributed by atoms with E-state index in [9.17, 15) is 9.59 Å². The van der Waals surface area contributed by atoms with E-state index in [1.807, 2.05) is 12.1 Å². The van der Waals surface area contributed by atoms with E-state index in [4.69, 9.17) is 15.2 Å². The summed E-state index contributed by atoms with van der Waals surface area (Å²) in [7, 11) is 0. The van der Waals surface area contributed by atoms with Crippen molar-refractivity contribution in [2.75, 3.05) is 6.61 Å². The van der Waals surface area contributed by atoms with Crippen molar-refractivity contribution in [1.29, 1.82) is 0 Å². The van der Waals surface area contributed by atoms with Gasteiger partial charge in [-0.15, -0.1) is 0 Å². The molecule has 0 radical (unpaired) electrons. The number of fused-ring (bicyclic) bond motifs is 1. The lowest BCUT2D eigenvalue weighted by Gasteiger charge is -2.27. The number of ether oxygens (including phenoxy) is 2. The molecule has 2 aliphatic rings. The molecule has 0 unspecified atom stereocenters. The van der Waals surface area contributed by atoms with Crippen LogP contribution in [0.4, 0.5) is 0 Å². The van der Waals surface area contributed by atoms with Crippen LogP contribution in [0.3, 0.4) is 0 Å². The van der Waals surface area contributed by atoms with Crippen molar-refractivity contribution >= 4 is 11.8 Å². The lowest BCUT2D eigenvalue weighted by atomic mass is 10.0. The molecule has 1 aromatic rings. The first kappa shape index (κ1) is 13.7. The second kappa shape index (κ2) is 5.63. The number of hydrogen-bond acceptors (Lipinski definition) is 4. The van der Waals surface area contributed by atoms with E-state index in [2.05, 4.69) is 5.32 Å². The lowest BCUT2D eigenvalue weighted by Crippen LogP contribution is -2.50. The monoisotopic (exact) mass is 290 g/mol. The third kappa shape index (κ3) is 2.79. The van der Waals surface area contributed by atoms with E-state index < -0.39 is 6.10 Å². The average Bonchev–Trinajstić information content (AvgIpc) is 2.95. The normalized spacial score (nSPS) is 27.1. The van der Waals surface area contributed by atoms with Crippen LogP contribution in [-0.2, 0) is 9.59 Å². The van der Waals surface area contributed by atoms with Gasteiger partial charge < -0.3 is 20.5 Å². The summed E-state index contributed by atoms with van der Waals surface area (Å²) in [4.78, 5) is 23.6. The van der Waals surface area contributed by atoms with Gasteiger partial charge in [0, 0.05) is 6.04 Å². The number of hydrogen-bond donors (Lipinski definition) is 2. The Morgan fingerprint density at radius 2 is 1.95 bits per heavy atom. The third-order valence-corrected chi connectivity index (χ3v) is 4.01. The second-order valence-corrected chi connectivity index (χ2v) is 5.42. The van der Waals surface area contributed by atoms with E-state index in [0.29, 0.717) is 11.5 Å². The molecule has 1 fully saturated rings. The fourth-order valence-corrected chi connectivity index (χ4v) is 2.90. The molecule has 6 heteroatoms. The smallest absolute Gasteiger partial charge is 0.264 e. The Morgan fingerprint density at radius 1 is 1.19 bits per heavy atom. The van der Waals surface area contributed by atoms with Crippen molar-refractivity contribution in [3.05, 3.63) is 24.3 Å². The maximum atomic E-state index is 12.3. The van der Waals surface area contributed by atoms with Crippen LogP contribution in [0.1, 0.15) is 19.3 Å². The van der Waals surface area contributed by atoms with Gasteiger partial charge in [0.1, 0.15) is 6.61 Å². The van der Waals surface area contributed by atoms with E-state index in [0.717, 1.165) is 19.3 Å². The Kier molecular flexibility index (Phi) is 3.68. The van der Waals surface area contributed by atoms with Crippen LogP contribution >= 0.6 is 0 Å². The maximum absolute atomic E-state index is 12.3. The van der Waals surface area contributed by atoms with Gasteiger partial charge in [-0.3, -0.25) is 9.59 Å². The van der Waals surface area contributed by atoms with Gasteiger partial charge in [0.2, 0.25) is 12.0 Å². The second-order valence-electron chi connectivity index (χ2n) is 5.42. The van der Waals surface area contributed by atoms with Gasteiger partial charge in [-0.25, -0.2) is 0 Å². The minimum Gasteiger partial charge on any atom is -0.485 e. The van der Waals surface area contributed by atoms with E-state index in [-0.39, 0.29) is 30.4 Å². The van der Waals surface area contributed by atoms with Gasteiger partial charge >= 0.3 is 0 Å². The summed E-state index contributed by atoms with van der Waals surface area (Å²) in [6, 6.07) is 7.03. The summed E-state index contributed by atoms with van der Waals surface area (Å²) in [5.74, 6) is 0.288. The van der Waals surface area contributed by atoms with Crippen LogP contribution in [0.15, 0.2) is 24.3 Å². The van der Waals surface area contributed by atoms with Crippen LogP contribution in [0.25, 0.3) is 0 Å². The Morgan fingerprint density at radius 3 is 2.71 bits per heavy atom. The molecule has 1 aliphatic carbocycles. The molecule has 2 amide bonds. The Bertz CT molecular complexity index is 560. The van der Waals surface area contributed by atoms with Crippen molar-refractivity contribution in [1.82, 2.24) is 5.32 Å². The molecule has 0 spiro atoms. The van der Waals surface area contributed by atoms with Crippen molar-refractivity contribution in [2.45, 2.75) is 31.4 Å². The van der Waals surface area contributed by atoms with Crippen molar-refractivity contribution in [3.8, 4) is 11.5 Å². The molecule has 0 saturated heterocycles. The number of nitrogens with two attached hydrogens (primary N) is 1. The zero-order chi connectivity index (χ0) is 14.8. The zero-order valence-corrected chi connectivity index (χ0v) is 11.6. The number of benzene rings is 1. The molecule has 3 N–H and O–H groups in total. The number of para-hydroxylation sites is 2. The van der Waals surface area contributed by atoms with Crippen LogP contribution in [0.5, 0.6) is 11.5 Å². The standard InChI is InChI=1S/C15H18N2O4/c16-14(18)9-4-3-5-10(9)17-15(19)13-8-20-11-6-1-2-7-12(11)21-13/h1-2,6-7,9-10,13H,3-5,8H2,(H2,16,18)(H,17,19)/t9-,10-,13-/m1/s1. The molecular weight excluding hydrogens is 272 g/mol. The quantitative estimate of drug-likeness (QED) is 0.852. The number of nitrogens with one attached hydrogen (secondary N) is 1. The van der Waals surface area contributed by atoms with Crippen LogP contribution < -0.4 is 20.5 Å². The average molecular weight is 290 g/mol. The van der Waals surface area contributed by atoms with Crippen LogP contribution in [-0.4, -0.2) is 30.6 Å². The summed E-state index contributed by atoms with van der Waals surface area (Å²) in [5, 5.41) is 2.87. The fourth-order valence-electron chi connectivity index (χ4n) is 2.90. The molecule has 1 aliphatic heterocycles. The van der Waals surface area contributed by atoms with Gasteiger partial charge in [-0.2, -0.15) is 0 Å². The first-order valence-electron chi connectivity index (χ1n) is 7.13. The molecule has 112 valence electrons. The van der Waals surface area contributed by atoms with E-state index in [1.54, 1.807) is 12.1 Å². The van der Waals surface area contributed by atoms with Gasteiger partial charge in [-0.1, -0.05) is 18.6 Å². The maximum Gasteiger partial charge on any atom is 0.264 e. The van der Waals surface area contributed by atoms with Crippen molar-refractivity contribution < 1.29 is 19.1 Å². The molecule has 3 atom stereocenters. The molecule has 1 saturated carbocycles. The summed E-state index contributed by atoms with van der Waals surface area (Å²) >= 11 is 0. The van der Waals surface area contributed by atoms with Gasteiger partial charge in [0.15, 0.2) is 11.5 Å². The van der Waals surface area contributed by atoms with Gasteiger partial charge in [0.25, 0.3) is 5.91 Å². The molecule has 6 nitrogen and oxygen atoms in total. The third-order valence-electron chi connectivity index (χ3n) is 4.01. The highest BCUT2D eigenvalue weighted by Crippen LogP contribution is 2.31. The number of carbonyl (C=O) groups is 2. The molecule has 1 aromatic carbocycles. The molecule has 0 bridgehead atoms. The highest BCUT2D eigenvalue weighted by atomic mass is 16.6. The van der Waals surface area contributed by atoms with Crippen LogP contribution in [0, 0.1) is 5.92 Å². The summed E-state index contributed by atoms with van der Waals surface area (Å²) in [6.45, 7) is 0.163. The molecule has 1 heterocycles. The SMILES string of the molecule is NC(=O)[C@@H]1CCC[C@H]1NC(=O)[C@H]1COc2ccccc2O1. The largest absolute Gasteiger partial charge is 0.485 e. The predicted octanol–water partition coefficient (Wildman–Crippen LogP) is 0.597. The number of carbonyl (C=O) groups excluding carboxylic acids is 2. The lowest BCUT2D eigenvalue weighted by molar-refractivity contribution is -0.131. The highest BCUT2D eigenvalue weighted by molar-refractivity contribution is 5.84. The van der Waals surface area contributed by atoms with Crippen LogP contribution in [0.2, 0.25) is 0 Å². The molecule has 0 aromatic heterocycles. The first-order valence-corrected chi connectivity index (χ1v) is 7.13. The number of amides is 2. The summed E-state index contributed by atoms with van der Waals surface area (Å²) < 4.78 is 11.2. The Hall–Kier alpha value is -2.24. The Balaban J connectivity index is 1.63. The first-order chi connectivity index (χ1) is 10.1. The fraction of sp³-hybridized carbons (Fsp3) is 0.467. The highest BCUT2D eigenvalue weighted by Gasteiger charge is 2.35. The van der Waals surface area contributed by atoms with E-state index in [1.165, 1.54) is 0 Å². The minimum absolute atomic E-state index is 0.163. The minimum atomic E-state index is -0.700. The summed E-state index contributed by atoms with van der Waals surface area (Å²) in [6.07, 6.45) is 1.69. The van der Waals surface area contributed by atoms with Crippen molar-refractivity contribution in [2.24, 2.45) is 11.7 Å². The van der Waals surface area contributed by atoms with E-state index >= 15 is 0 Å². The molecular formula is C15H18N2O4. The molecule has 21 heavy (non-hydrogen) atoms. The van der Waals surface area contributed by atoms with Crippen molar-refractivity contribution in [3.63, 3.8) is 0 Å².